The number of imidazole rings is 1. The van der Waals surface area contributed by atoms with E-state index in [1.165, 1.54) is 6.20 Å². The van der Waals surface area contributed by atoms with Crippen LogP contribution in [0.25, 0.3) is 0 Å². The summed E-state index contributed by atoms with van der Waals surface area (Å²) in [6, 6.07) is -0.0367. The van der Waals surface area contributed by atoms with Crippen molar-refractivity contribution in [1.29, 1.82) is 0 Å². The lowest BCUT2D eigenvalue weighted by atomic mass is 10.2. The van der Waals surface area contributed by atoms with Gasteiger partial charge >= 0.3 is 11.4 Å². The van der Waals surface area contributed by atoms with E-state index in [-0.39, 0.29) is 6.04 Å². The second-order valence-corrected chi connectivity index (χ2v) is 5.47. The Morgan fingerprint density at radius 1 is 1.38 bits per heavy atom. The quantitative estimate of drug-likeness (QED) is 0.611. The van der Waals surface area contributed by atoms with Crippen LogP contribution in [0, 0.1) is 0 Å². The highest BCUT2D eigenvalue weighted by molar-refractivity contribution is 7.78. The van der Waals surface area contributed by atoms with Crippen LogP contribution in [0.15, 0.2) is 6.20 Å². The number of nitrogens with zero attached hydrogens (tertiary/aromatic N) is 3. The highest BCUT2D eigenvalue weighted by Crippen LogP contribution is 2.20. The Kier molecular flexibility index (Phi) is 8.02. The molecule has 0 radical (unpaired) electrons. The molecule has 6 nitrogen and oxygen atoms in total. The predicted octanol–water partition coefficient (Wildman–Crippen LogP) is 1.50. The molecule has 0 bridgehead atoms. The molecule has 2 unspecified atom stereocenters. The maximum Gasteiger partial charge on any atom is 0.309 e. The van der Waals surface area contributed by atoms with Gasteiger partial charge in [0.1, 0.15) is 5.82 Å². The van der Waals surface area contributed by atoms with Gasteiger partial charge in [-0.15, -0.1) is 3.89 Å². The first-order valence-corrected chi connectivity index (χ1v) is 7.94. The van der Waals surface area contributed by atoms with Crippen molar-refractivity contribution in [2.24, 2.45) is 0 Å². The summed E-state index contributed by atoms with van der Waals surface area (Å²) in [5, 5.41) is 0. The fraction of sp³-hybridized carbons (Fsp3) is 0.769. The van der Waals surface area contributed by atoms with E-state index in [4.69, 9.17) is 9.47 Å². The smallest absolute Gasteiger partial charge is 0.309 e. The minimum atomic E-state index is -2.57. The van der Waals surface area contributed by atoms with E-state index in [1.54, 1.807) is 14.2 Å². The first kappa shape index (κ1) is 18.2. The average Bonchev–Trinajstić information content (AvgIpc) is 2.91. The highest BCUT2D eigenvalue weighted by Gasteiger charge is 2.21. The molecule has 1 heterocycles. The molecule has 0 aliphatic heterocycles. The molecule has 0 saturated heterocycles. The fourth-order valence-corrected chi connectivity index (χ4v) is 2.61. The Bertz CT molecular complexity index is 448. The summed E-state index contributed by atoms with van der Waals surface area (Å²) in [6.07, 6.45) is 2.05. The topological polar surface area (TPSA) is 56.6 Å². The van der Waals surface area contributed by atoms with Gasteiger partial charge in [0.15, 0.2) is 0 Å². The zero-order valence-corrected chi connectivity index (χ0v) is 13.9. The number of aromatic nitrogens is 2. The van der Waals surface area contributed by atoms with Crippen LogP contribution >= 0.6 is 0 Å². The predicted molar refractivity (Wildman–Crippen MR) is 80.0 cm³/mol. The highest BCUT2D eigenvalue weighted by atomic mass is 32.2. The Balaban J connectivity index is 2.90. The van der Waals surface area contributed by atoms with Gasteiger partial charge in [0.05, 0.1) is 24.9 Å². The molecular weight excluding hydrogens is 297 g/mol. The summed E-state index contributed by atoms with van der Waals surface area (Å²) >= 11 is -2.57. The van der Waals surface area contributed by atoms with Crippen molar-refractivity contribution < 1.29 is 17.6 Å². The molecule has 0 aromatic carbocycles. The van der Waals surface area contributed by atoms with Crippen molar-refractivity contribution in [2.75, 3.05) is 40.5 Å². The minimum Gasteiger partial charge on any atom is -0.383 e. The number of hydrogen-bond donors (Lipinski definition) is 0. The van der Waals surface area contributed by atoms with Gasteiger partial charge in [0.25, 0.3) is 0 Å². The van der Waals surface area contributed by atoms with Gasteiger partial charge in [-0.25, -0.2) is 8.96 Å². The van der Waals surface area contributed by atoms with Crippen molar-refractivity contribution in [1.82, 2.24) is 13.9 Å². The Morgan fingerprint density at radius 3 is 2.33 bits per heavy atom. The molecule has 0 N–H and O–H groups in total. The molecule has 0 saturated carbocycles. The van der Waals surface area contributed by atoms with Crippen LogP contribution in [-0.2, 0) is 27.3 Å². The van der Waals surface area contributed by atoms with Gasteiger partial charge < -0.3 is 9.47 Å². The molecule has 1 aromatic rings. The van der Waals surface area contributed by atoms with E-state index < -0.39 is 11.4 Å². The van der Waals surface area contributed by atoms with E-state index in [0.717, 1.165) is 3.97 Å². The molecular formula is C13H24FN3O3S. The lowest BCUT2D eigenvalue weighted by Gasteiger charge is -2.27. The summed E-state index contributed by atoms with van der Waals surface area (Å²) < 4.78 is 35.5. The van der Waals surface area contributed by atoms with Crippen LogP contribution in [0.2, 0.25) is 0 Å². The van der Waals surface area contributed by atoms with Gasteiger partial charge in [0, 0.05) is 39.9 Å². The van der Waals surface area contributed by atoms with Gasteiger partial charge in [-0.1, -0.05) is 6.92 Å². The Hall–Kier alpha value is -0.830. The van der Waals surface area contributed by atoms with Crippen molar-refractivity contribution >= 4 is 11.4 Å². The van der Waals surface area contributed by atoms with Crippen molar-refractivity contribution in [3.63, 3.8) is 0 Å². The zero-order chi connectivity index (χ0) is 15.8. The summed E-state index contributed by atoms with van der Waals surface area (Å²) in [5.41, 5.74) is 0.699. The van der Waals surface area contributed by atoms with Crippen LogP contribution in [0.5, 0.6) is 0 Å². The molecule has 1 rings (SSSR count). The molecule has 21 heavy (non-hydrogen) atoms. The second kappa shape index (κ2) is 9.24. The molecule has 0 amide bonds. The number of aryl methyl sites for hydroxylation is 1. The van der Waals surface area contributed by atoms with E-state index in [9.17, 15) is 8.09 Å². The van der Waals surface area contributed by atoms with E-state index in [2.05, 4.69) is 9.88 Å². The Labute approximate surface area is 128 Å². The first-order chi connectivity index (χ1) is 10.0. The fourth-order valence-electron chi connectivity index (χ4n) is 2.09. The van der Waals surface area contributed by atoms with Crippen molar-refractivity contribution in [3.8, 4) is 0 Å². The second-order valence-electron chi connectivity index (χ2n) is 4.67. The van der Waals surface area contributed by atoms with Gasteiger partial charge in [0.2, 0.25) is 0 Å². The van der Waals surface area contributed by atoms with Gasteiger partial charge in [-0.2, -0.15) is 4.21 Å². The largest absolute Gasteiger partial charge is 0.383 e. The Morgan fingerprint density at radius 2 is 1.95 bits per heavy atom. The molecule has 0 aliphatic carbocycles. The maximum absolute atomic E-state index is 13.1. The SMILES string of the molecule is CCc1nc(C(C)N(CCOC)CCOC)cn1S(=O)F. The number of hydrogen-bond acceptors (Lipinski definition) is 5. The molecule has 0 fully saturated rings. The van der Waals surface area contributed by atoms with Crippen LogP contribution in [0.4, 0.5) is 3.89 Å². The third-order valence-electron chi connectivity index (χ3n) is 3.37. The van der Waals surface area contributed by atoms with Crippen molar-refractivity contribution in [2.45, 2.75) is 26.3 Å². The molecule has 1 aromatic heterocycles. The zero-order valence-electron chi connectivity index (χ0n) is 13.0. The molecule has 2 atom stereocenters. The minimum absolute atomic E-state index is 0.0367. The van der Waals surface area contributed by atoms with Gasteiger partial charge in [-0.05, 0) is 6.92 Å². The van der Waals surface area contributed by atoms with Crippen LogP contribution in [0.1, 0.15) is 31.4 Å². The third kappa shape index (κ3) is 5.14. The number of halogens is 1. The van der Waals surface area contributed by atoms with Crippen molar-refractivity contribution in [3.05, 3.63) is 17.7 Å². The number of ether oxygens (including phenoxy) is 2. The van der Waals surface area contributed by atoms with E-state index >= 15 is 0 Å². The summed E-state index contributed by atoms with van der Waals surface area (Å²) in [4.78, 5) is 6.53. The monoisotopic (exact) mass is 321 g/mol. The molecule has 8 heteroatoms. The summed E-state index contributed by atoms with van der Waals surface area (Å²) in [5.74, 6) is 0.483. The lowest BCUT2D eigenvalue weighted by molar-refractivity contribution is 0.0909. The third-order valence-corrected chi connectivity index (χ3v) is 4.00. The maximum atomic E-state index is 13.1. The van der Waals surface area contributed by atoms with Crippen LogP contribution < -0.4 is 0 Å². The number of methoxy groups -OCH3 is 2. The number of rotatable bonds is 10. The molecule has 0 aliphatic rings. The van der Waals surface area contributed by atoms with E-state index in [1.807, 2.05) is 13.8 Å². The van der Waals surface area contributed by atoms with E-state index in [0.29, 0.717) is 44.2 Å². The first-order valence-electron chi connectivity index (χ1n) is 6.93. The van der Waals surface area contributed by atoms with Gasteiger partial charge in [-0.3, -0.25) is 4.90 Å². The average molecular weight is 321 g/mol. The molecule has 0 spiro atoms. The van der Waals surface area contributed by atoms with Crippen LogP contribution in [-0.4, -0.2) is 58.6 Å². The normalized spacial score (nSPS) is 14.6. The lowest BCUT2D eigenvalue weighted by Crippen LogP contribution is -2.33. The van der Waals surface area contributed by atoms with Crippen LogP contribution in [0.3, 0.4) is 0 Å². The standard InChI is InChI=1S/C13H24FN3O3S/c1-5-13-15-12(10-17(13)21(14)18)11(2)16(6-8-19-3)7-9-20-4/h10-11H,5-9H2,1-4H3. The molecule has 122 valence electrons. The summed E-state index contributed by atoms with van der Waals surface area (Å²) in [6.45, 7) is 6.45. The summed E-state index contributed by atoms with van der Waals surface area (Å²) in [7, 11) is 3.30.